The molecule has 0 saturated heterocycles. The van der Waals surface area contributed by atoms with E-state index in [-0.39, 0.29) is 12.6 Å². The van der Waals surface area contributed by atoms with Crippen molar-refractivity contribution in [2.24, 2.45) is 0 Å². The lowest BCUT2D eigenvalue weighted by molar-refractivity contribution is -0.150. The van der Waals surface area contributed by atoms with E-state index in [4.69, 9.17) is 19.9 Å². The molecule has 186 valence electrons. The molecule has 0 aliphatic heterocycles. The minimum Gasteiger partial charge on any atom is -0.388 e. The Bertz CT molecular complexity index is 1150. The van der Waals surface area contributed by atoms with Crippen LogP contribution < -0.4 is 5.73 Å². The van der Waals surface area contributed by atoms with Crippen LogP contribution in [0.2, 0.25) is 0 Å². The van der Waals surface area contributed by atoms with Gasteiger partial charge >= 0.3 is 0 Å². The van der Waals surface area contributed by atoms with Gasteiger partial charge in [0.2, 0.25) is 5.95 Å². The Labute approximate surface area is 211 Å². The summed E-state index contributed by atoms with van der Waals surface area (Å²) in [5.41, 5.74) is 9.37. The van der Waals surface area contributed by atoms with Crippen LogP contribution in [0.3, 0.4) is 0 Å². The Hall–Kier alpha value is -3.62. The fourth-order valence-electron chi connectivity index (χ4n) is 3.77. The summed E-state index contributed by atoms with van der Waals surface area (Å²) in [6, 6.07) is 29.4. The number of aliphatic hydroxyl groups excluding tert-OH is 1. The van der Waals surface area contributed by atoms with Crippen LogP contribution in [0.1, 0.15) is 28.4 Å². The van der Waals surface area contributed by atoms with Gasteiger partial charge in [0, 0.05) is 18.0 Å². The number of aromatic nitrogens is 2. The molecule has 0 unspecified atom stereocenters. The molecule has 1 heterocycles. The summed E-state index contributed by atoms with van der Waals surface area (Å²) < 4.78 is 18.5. The van der Waals surface area contributed by atoms with Gasteiger partial charge < -0.3 is 25.1 Å². The van der Waals surface area contributed by atoms with Crippen LogP contribution in [-0.2, 0) is 34.0 Å². The second kappa shape index (κ2) is 13.5. The van der Waals surface area contributed by atoms with Gasteiger partial charge in [0.15, 0.2) is 0 Å². The van der Waals surface area contributed by atoms with Crippen molar-refractivity contribution in [3.8, 4) is 0 Å². The topological polar surface area (TPSA) is 99.7 Å². The molecule has 3 aromatic carbocycles. The molecule has 0 spiro atoms. The van der Waals surface area contributed by atoms with Crippen molar-refractivity contribution in [1.82, 2.24) is 9.97 Å². The maximum atomic E-state index is 11.3. The van der Waals surface area contributed by atoms with Gasteiger partial charge in [-0.3, -0.25) is 0 Å². The van der Waals surface area contributed by atoms with Gasteiger partial charge in [-0.2, -0.15) is 0 Å². The van der Waals surface area contributed by atoms with Crippen molar-refractivity contribution in [2.75, 3.05) is 12.3 Å². The van der Waals surface area contributed by atoms with E-state index in [9.17, 15) is 5.11 Å². The van der Waals surface area contributed by atoms with E-state index in [2.05, 4.69) is 9.97 Å². The molecule has 36 heavy (non-hydrogen) atoms. The largest absolute Gasteiger partial charge is 0.388 e. The molecule has 0 aliphatic rings. The van der Waals surface area contributed by atoms with E-state index in [0.717, 1.165) is 16.7 Å². The molecule has 7 nitrogen and oxygen atoms in total. The van der Waals surface area contributed by atoms with Crippen molar-refractivity contribution in [3.63, 3.8) is 0 Å². The smallest absolute Gasteiger partial charge is 0.219 e. The minimum absolute atomic E-state index is 0.0649. The molecule has 0 saturated carbocycles. The van der Waals surface area contributed by atoms with E-state index in [1.54, 1.807) is 12.4 Å². The average Bonchev–Trinajstić information content (AvgIpc) is 2.93. The van der Waals surface area contributed by atoms with Crippen molar-refractivity contribution in [2.45, 2.75) is 38.1 Å². The summed E-state index contributed by atoms with van der Waals surface area (Å²) in [4.78, 5) is 8.27. The Morgan fingerprint density at radius 3 is 1.67 bits per heavy atom. The fraction of sp³-hybridized carbons (Fsp3) is 0.241. The van der Waals surface area contributed by atoms with E-state index in [0.29, 0.717) is 25.4 Å². The Morgan fingerprint density at radius 1 is 0.667 bits per heavy atom. The van der Waals surface area contributed by atoms with Crippen LogP contribution in [0.15, 0.2) is 103 Å². The van der Waals surface area contributed by atoms with E-state index >= 15 is 0 Å². The summed E-state index contributed by atoms with van der Waals surface area (Å²) in [5.74, 6) is 0.161. The zero-order valence-corrected chi connectivity index (χ0v) is 20.0. The molecule has 4 rings (SSSR count). The zero-order chi connectivity index (χ0) is 25.0. The van der Waals surface area contributed by atoms with Crippen LogP contribution in [0, 0.1) is 0 Å². The van der Waals surface area contributed by atoms with Crippen molar-refractivity contribution >= 4 is 5.95 Å². The summed E-state index contributed by atoms with van der Waals surface area (Å²) >= 11 is 0. The molecular weight excluding hydrogens is 454 g/mol. The van der Waals surface area contributed by atoms with Crippen LogP contribution in [0.5, 0.6) is 0 Å². The maximum Gasteiger partial charge on any atom is 0.219 e. The lowest BCUT2D eigenvalue weighted by atomic mass is 10.0. The van der Waals surface area contributed by atoms with Crippen molar-refractivity contribution in [3.05, 3.63) is 126 Å². The number of nitrogens with two attached hydrogens (primary N) is 1. The highest BCUT2D eigenvalue weighted by molar-refractivity contribution is 5.21. The van der Waals surface area contributed by atoms with E-state index in [1.807, 2.05) is 91.0 Å². The van der Waals surface area contributed by atoms with E-state index in [1.165, 1.54) is 0 Å². The third-order valence-electron chi connectivity index (χ3n) is 5.66. The molecule has 0 bridgehead atoms. The van der Waals surface area contributed by atoms with Gasteiger partial charge in [0.25, 0.3) is 0 Å². The Balaban J connectivity index is 1.53. The Morgan fingerprint density at radius 2 is 1.14 bits per heavy atom. The normalized spacial score (nSPS) is 13.7. The number of hydrogen-bond donors (Lipinski definition) is 2. The first kappa shape index (κ1) is 25.5. The second-order valence-corrected chi connectivity index (χ2v) is 8.42. The summed E-state index contributed by atoms with van der Waals surface area (Å²) in [6.45, 7) is 1.06. The van der Waals surface area contributed by atoms with Gasteiger partial charge in [-0.1, -0.05) is 91.0 Å². The Kier molecular flexibility index (Phi) is 9.53. The lowest BCUT2D eigenvalue weighted by Gasteiger charge is -2.31. The van der Waals surface area contributed by atoms with Crippen molar-refractivity contribution in [1.29, 1.82) is 0 Å². The minimum atomic E-state index is -0.976. The van der Waals surface area contributed by atoms with Crippen LogP contribution >= 0.6 is 0 Å². The van der Waals surface area contributed by atoms with Crippen LogP contribution in [0.4, 0.5) is 5.95 Å². The second-order valence-electron chi connectivity index (χ2n) is 8.42. The van der Waals surface area contributed by atoms with Gasteiger partial charge in [0.05, 0.1) is 26.4 Å². The predicted octanol–water partition coefficient (Wildman–Crippen LogP) is 4.48. The number of anilines is 1. The van der Waals surface area contributed by atoms with Gasteiger partial charge in [-0.05, 0) is 16.7 Å². The molecule has 7 heteroatoms. The van der Waals surface area contributed by atoms with Gasteiger partial charge in [-0.15, -0.1) is 0 Å². The zero-order valence-electron chi connectivity index (χ0n) is 20.0. The molecule has 0 aliphatic carbocycles. The first-order valence-electron chi connectivity index (χ1n) is 11.9. The van der Waals surface area contributed by atoms with Crippen molar-refractivity contribution < 1.29 is 19.3 Å². The third-order valence-corrected chi connectivity index (χ3v) is 5.66. The maximum absolute atomic E-state index is 11.3. The number of nitrogen functional groups attached to an aromatic ring is 1. The first-order chi connectivity index (χ1) is 17.7. The molecule has 4 aromatic rings. The number of ether oxygens (including phenoxy) is 3. The monoisotopic (exact) mass is 485 g/mol. The molecule has 0 radical (unpaired) electrons. The molecule has 3 atom stereocenters. The molecule has 0 amide bonds. The van der Waals surface area contributed by atoms with Crippen LogP contribution in [0.25, 0.3) is 0 Å². The standard InChI is InChI=1S/C29H31N3O4/c30-29-31-16-25(17-32-29)27(35-19-23-12-6-2-7-13-23)28(36-20-24-14-8-3-9-15-24)26(33)21-34-18-22-10-4-1-5-11-22/h1-17,26-28,33H,18-21H2,(H2,30,31,32)/t26-,27-,28+/m1/s1. The fourth-order valence-corrected chi connectivity index (χ4v) is 3.77. The number of nitrogens with zero attached hydrogens (tertiary/aromatic N) is 2. The average molecular weight is 486 g/mol. The summed E-state index contributed by atoms with van der Waals surface area (Å²) in [6.07, 6.45) is 0.820. The lowest BCUT2D eigenvalue weighted by Crippen LogP contribution is -2.39. The van der Waals surface area contributed by atoms with E-state index < -0.39 is 18.3 Å². The summed E-state index contributed by atoms with van der Waals surface area (Å²) in [7, 11) is 0. The number of aliphatic hydroxyl groups is 1. The molecule has 0 fully saturated rings. The number of benzene rings is 3. The quantitative estimate of drug-likeness (QED) is 0.288. The highest BCUT2D eigenvalue weighted by Crippen LogP contribution is 2.28. The highest BCUT2D eigenvalue weighted by atomic mass is 16.6. The molecule has 1 aromatic heterocycles. The molecule has 3 N–H and O–H groups in total. The third kappa shape index (κ3) is 7.69. The highest BCUT2D eigenvalue weighted by Gasteiger charge is 2.32. The van der Waals surface area contributed by atoms with Gasteiger partial charge in [0.1, 0.15) is 18.3 Å². The predicted molar refractivity (Wildman–Crippen MR) is 138 cm³/mol. The number of hydrogen-bond acceptors (Lipinski definition) is 7. The SMILES string of the molecule is Nc1ncc([C@@H](OCc2ccccc2)[C@@H](OCc2ccccc2)[C@H](O)COCc2ccccc2)cn1. The van der Waals surface area contributed by atoms with Crippen LogP contribution in [-0.4, -0.2) is 33.9 Å². The molecular formula is C29H31N3O4. The number of rotatable bonds is 13. The summed E-state index contributed by atoms with van der Waals surface area (Å²) in [5, 5.41) is 11.3. The first-order valence-corrected chi connectivity index (χ1v) is 11.9. The van der Waals surface area contributed by atoms with Gasteiger partial charge in [-0.25, -0.2) is 9.97 Å².